The van der Waals surface area contributed by atoms with Gasteiger partial charge in [-0.15, -0.1) is 23.7 Å². The Bertz CT molecular complexity index is 772. The number of unbranched alkanes of at least 4 members (excludes halogenated alkanes) is 1. The Morgan fingerprint density at radius 2 is 2.12 bits per heavy atom. The van der Waals surface area contributed by atoms with Crippen molar-refractivity contribution in [1.29, 1.82) is 0 Å². The third-order valence-corrected chi connectivity index (χ3v) is 5.33. The first-order valence-electron chi connectivity index (χ1n) is 8.44. The summed E-state index contributed by atoms with van der Waals surface area (Å²) in [6.07, 6.45) is 3.73. The van der Waals surface area contributed by atoms with Crippen LogP contribution in [0, 0.1) is 13.8 Å². The topological polar surface area (TPSA) is 101 Å². The zero-order valence-electron chi connectivity index (χ0n) is 15.0. The normalized spacial score (nSPS) is 12.0. The van der Waals surface area contributed by atoms with Gasteiger partial charge in [0.25, 0.3) is 5.56 Å². The number of aryl methyl sites for hydroxylation is 3. The van der Waals surface area contributed by atoms with Crippen LogP contribution < -0.4 is 16.6 Å². The number of thiophene rings is 1. The first-order valence-corrected chi connectivity index (χ1v) is 9.26. The summed E-state index contributed by atoms with van der Waals surface area (Å²) in [7, 11) is 0. The minimum absolute atomic E-state index is 0. The number of fused-ring (bicyclic) bond motifs is 1. The second kappa shape index (κ2) is 9.89. The molecule has 0 bridgehead atoms. The lowest BCUT2D eigenvalue weighted by atomic mass is 10.1. The van der Waals surface area contributed by atoms with E-state index in [-0.39, 0.29) is 29.9 Å². The summed E-state index contributed by atoms with van der Waals surface area (Å²) in [5.41, 5.74) is 6.55. The lowest BCUT2D eigenvalue weighted by Gasteiger charge is -2.16. The fourth-order valence-corrected chi connectivity index (χ4v) is 3.70. The van der Waals surface area contributed by atoms with Crippen LogP contribution in [0.2, 0.25) is 0 Å². The molecule has 0 saturated carbocycles. The molecule has 6 nitrogen and oxygen atoms in total. The molecule has 1 unspecified atom stereocenters. The van der Waals surface area contributed by atoms with Crippen molar-refractivity contribution in [3.05, 3.63) is 26.6 Å². The standard InChI is InChI=1S/C17H26N4O2S.ClH/c1-4-5-6-12(9-18)19-14(22)8-7-13-20-16(23)15-10(2)11(3)24-17(15)21-13;/h12H,4-9,18H2,1-3H3,(H,19,22)(H,20,21,23);1H. The molecule has 8 heteroatoms. The van der Waals surface area contributed by atoms with Crippen LogP contribution in [-0.4, -0.2) is 28.5 Å². The predicted molar refractivity (Wildman–Crippen MR) is 106 cm³/mol. The van der Waals surface area contributed by atoms with Gasteiger partial charge in [0.15, 0.2) is 0 Å². The van der Waals surface area contributed by atoms with Crippen LogP contribution >= 0.6 is 23.7 Å². The average molecular weight is 387 g/mol. The number of carbonyl (C=O) groups is 1. The maximum atomic E-state index is 12.2. The predicted octanol–water partition coefficient (Wildman–Crippen LogP) is 2.59. The minimum Gasteiger partial charge on any atom is -0.352 e. The zero-order valence-corrected chi connectivity index (χ0v) is 16.6. The average Bonchev–Trinajstić information content (AvgIpc) is 2.84. The highest BCUT2D eigenvalue weighted by atomic mass is 35.5. The summed E-state index contributed by atoms with van der Waals surface area (Å²) in [6, 6.07) is 0.0227. The Morgan fingerprint density at radius 1 is 1.40 bits per heavy atom. The van der Waals surface area contributed by atoms with Gasteiger partial charge < -0.3 is 16.0 Å². The molecule has 2 aromatic heterocycles. The molecule has 0 radical (unpaired) electrons. The van der Waals surface area contributed by atoms with Crippen LogP contribution in [0.15, 0.2) is 4.79 Å². The highest BCUT2D eigenvalue weighted by molar-refractivity contribution is 7.18. The van der Waals surface area contributed by atoms with Gasteiger partial charge in [-0.3, -0.25) is 9.59 Å². The van der Waals surface area contributed by atoms with Crippen LogP contribution in [-0.2, 0) is 11.2 Å². The second-order valence-corrected chi connectivity index (χ2v) is 7.32. The summed E-state index contributed by atoms with van der Waals surface area (Å²) in [6.45, 7) is 6.47. The molecule has 0 saturated heterocycles. The largest absolute Gasteiger partial charge is 0.352 e. The molecule has 0 aromatic carbocycles. The third-order valence-electron chi connectivity index (χ3n) is 4.23. The molecule has 0 spiro atoms. The Morgan fingerprint density at radius 3 is 2.76 bits per heavy atom. The van der Waals surface area contributed by atoms with Crippen LogP contribution in [0.5, 0.6) is 0 Å². The first-order chi connectivity index (χ1) is 11.5. The van der Waals surface area contributed by atoms with Gasteiger partial charge in [0.05, 0.1) is 5.39 Å². The van der Waals surface area contributed by atoms with Crippen molar-refractivity contribution in [2.24, 2.45) is 5.73 Å². The Kier molecular flexibility index (Phi) is 8.55. The molecule has 0 aliphatic heterocycles. The molecule has 1 amide bonds. The number of H-pyrrole nitrogens is 1. The molecule has 0 fully saturated rings. The van der Waals surface area contributed by atoms with Crippen molar-refractivity contribution in [2.45, 2.75) is 58.9 Å². The Labute approximate surface area is 158 Å². The first kappa shape index (κ1) is 21.6. The Balaban J connectivity index is 0.00000312. The van der Waals surface area contributed by atoms with Crippen molar-refractivity contribution in [3.63, 3.8) is 0 Å². The molecule has 2 rings (SSSR count). The van der Waals surface area contributed by atoms with E-state index < -0.39 is 0 Å². The summed E-state index contributed by atoms with van der Waals surface area (Å²) in [5, 5.41) is 3.62. The van der Waals surface area contributed by atoms with E-state index >= 15 is 0 Å². The number of nitrogens with zero attached hydrogens (tertiary/aromatic N) is 1. The van der Waals surface area contributed by atoms with Gasteiger partial charge in [-0.1, -0.05) is 19.8 Å². The molecule has 140 valence electrons. The van der Waals surface area contributed by atoms with Crippen LogP contribution in [0.1, 0.15) is 48.9 Å². The van der Waals surface area contributed by atoms with Gasteiger partial charge >= 0.3 is 0 Å². The van der Waals surface area contributed by atoms with E-state index in [2.05, 4.69) is 22.2 Å². The van der Waals surface area contributed by atoms with Crippen molar-refractivity contribution >= 4 is 39.9 Å². The molecular weight excluding hydrogens is 360 g/mol. The van der Waals surface area contributed by atoms with E-state index in [0.29, 0.717) is 30.6 Å². The molecular formula is C17H27ClN4O2S. The molecule has 2 heterocycles. The van der Waals surface area contributed by atoms with Gasteiger partial charge in [0.1, 0.15) is 10.7 Å². The number of rotatable bonds is 8. The number of hydrogen-bond donors (Lipinski definition) is 3. The summed E-state index contributed by atoms with van der Waals surface area (Å²) in [4.78, 5) is 33.4. The zero-order chi connectivity index (χ0) is 17.7. The van der Waals surface area contributed by atoms with E-state index in [0.717, 1.165) is 34.5 Å². The highest BCUT2D eigenvalue weighted by Gasteiger charge is 2.14. The molecule has 2 aromatic rings. The number of carbonyl (C=O) groups excluding carboxylic acids is 1. The number of nitrogens with two attached hydrogens (primary N) is 1. The highest BCUT2D eigenvalue weighted by Crippen LogP contribution is 2.25. The van der Waals surface area contributed by atoms with Crippen LogP contribution in [0.4, 0.5) is 0 Å². The van der Waals surface area contributed by atoms with Crippen molar-refractivity contribution in [2.75, 3.05) is 6.54 Å². The van der Waals surface area contributed by atoms with E-state index in [9.17, 15) is 9.59 Å². The fraction of sp³-hybridized carbons (Fsp3) is 0.588. The molecule has 4 N–H and O–H groups in total. The maximum Gasteiger partial charge on any atom is 0.259 e. The monoisotopic (exact) mass is 386 g/mol. The van der Waals surface area contributed by atoms with E-state index in [4.69, 9.17) is 5.73 Å². The van der Waals surface area contributed by atoms with E-state index in [1.54, 1.807) is 0 Å². The lowest BCUT2D eigenvalue weighted by molar-refractivity contribution is -0.121. The van der Waals surface area contributed by atoms with Gasteiger partial charge in [-0.05, 0) is 25.8 Å². The van der Waals surface area contributed by atoms with Crippen molar-refractivity contribution < 1.29 is 4.79 Å². The SMILES string of the molecule is CCCCC(CN)NC(=O)CCc1nc2sc(C)c(C)c2c(=O)[nH]1.Cl. The fourth-order valence-electron chi connectivity index (χ4n) is 2.65. The number of halogens is 1. The molecule has 0 aliphatic carbocycles. The summed E-state index contributed by atoms with van der Waals surface area (Å²) >= 11 is 1.52. The van der Waals surface area contributed by atoms with Gasteiger partial charge in [-0.2, -0.15) is 0 Å². The molecule has 1 atom stereocenters. The van der Waals surface area contributed by atoms with Crippen LogP contribution in [0.3, 0.4) is 0 Å². The number of aromatic nitrogens is 2. The molecule has 25 heavy (non-hydrogen) atoms. The lowest BCUT2D eigenvalue weighted by Crippen LogP contribution is -2.40. The van der Waals surface area contributed by atoms with Crippen LogP contribution in [0.25, 0.3) is 10.2 Å². The summed E-state index contributed by atoms with van der Waals surface area (Å²) in [5.74, 6) is 0.504. The van der Waals surface area contributed by atoms with E-state index in [1.807, 2.05) is 13.8 Å². The summed E-state index contributed by atoms with van der Waals surface area (Å²) < 4.78 is 0. The minimum atomic E-state index is -0.125. The third kappa shape index (κ3) is 5.52. The second-order valence-electron chi connectivity index (χ2n) is 6.12. The van der Waals surface area contributed by atoms with Crippen molar-refractivity contribution in [3.8, 4) is 0 Å². The number of amides is 1. The Hall–Kier alpha value is -1.44. The maximum absolute atomic E-state index is 12.2. The smallest absolute Gasteiger partial charge is 0.259 e. The van der Waals surface area contributed by atoms with Crippen molar-refractivity contribution in [1.82, 2.24) is 15.3 Å². The number of nitrogens with one attached hydrogen (secondary N) is 2. The van der Waals surface area contributed by atoms with Gasteiger partial charge in [0, 0.05) is 30.3 Å². The molecule has 0 aliphatic rings. The van der Waals surface area contributed by atoms with Gasteiger partial charge in [0.2, 0.25) is 5.91 Å². The van der Waals surface area contributed by atoms with Gasteiger partial charge in [-0.25, -0.2) is 4.98 Å². The number of hydrogen-bond acceptors (Lipinski definition) is 5. The quantitative estimate of drug-likeness (QED) is 0.649. The van der Waals surface area contributed by atoms with E-state index in [1.165, 1.54) is 11.3 Å². The number of aromatic amines is 1.